The summed E-state index contributed by atoms with van der Waals surface area (Å²) in [6.45, 7) is 2.07. The molecule has 2 atom stereocenters. The number of hydrogen-bond acceptors (Lipinski definition) is 5. The lowest BCUT2D eigenvalue weighted by molar-refractivity contribution is -0.141. The minimum atomic E-state index is -4.69. The fourth-order valence-electron chi connectivity index (χ4n) is 4.41. The highest BCUT2D eigenvalue weighted by Gasteiger charge is 2.36. The van der Waals surface area contributed by atoms with Gasteiger partial charge in [0.2, 0.25) is 0 Å². The summed E-state index contributed by atoms with van der Waals surface area (Å²) in [6, 6.07) is 24.6. The number of benzene rings is 3. The average molecular weight is 537 g/mol. The van der Waals surface area contributed by atoms with Gasteiger partial charge >= 0.3 is 6.18 Å². The zero-order chi connectivity index (χ0) is 28.0. The number of Topliss-reactive ketones (excluding diaryl/α,β-unsaturated/α-hetero) is 1. The van der Waals surface area contributed by atoms with Gasteiger partial charge in [-0.2, -0.15) is 18.3 Å². The van der Waals surface area contributed by atoms with Gasteiger partial charge in [0.15, 0.2) is 11.5 Å². The van der Waals surface area contributed by atoms with Crippen LogP contribution in [0, 0.1) is 0 Å². The number of rotatable bonds is 11. The van der Waals surface area contributed by atoms with Crippen molar-refractivity contribution in [2.24, 2.45) is 5.73 Å². The van der Waals surface area contributed by atoms with E-state index in [0.29, 0.717) is 17.7 Å². The standard InChI is InChI=1S/C30H31F3N4O2/c1-20(19-38)35-29(23-9-3-2-4-10-23)24-11-5-7-21(15-24)13-14-27(39)26-17-28(30(31,32)33)36-37(26)25-12-6-8-22(16-25)18-34/h2-12,15-17,20,29,35,38H,13-14,18-19,34H2,1H3. The number of aryl methyl sites for hydroxylation is 1. The molecule has 4 rings (SSSR count). The van der Waals surface area contributed by atoms with Crippen molar-refractivity contribution >= 4 is 5.78 Å². The molecule has 0 bridgehead atoms. The van der Waals surface area contributed by atoms with Crippen molar-refractivity contribution in [3.05, 3.63) is 119 Å². The molecule has 0 aliphatic rings. The third-order valence-electron chi connectivity index (χ3n) is 6.46. The maximum absolute atomic E-state index is 13.5. The molecule has 0 aliphatic heterocycles. The monoisotopic (exact) mass is 536 g/mol. The highest BCUT2D eigenvalue weighted by atomic mass is 19.4. The first kappa shape index (κ1) is 28.2. The van der Waals surface area contributed by atoms with Crippen LogP contribution < -0.4 is 11.1 Å². The Morgan fingerprint density at radius 3 is 2.36 bits per heavy atom. The molecular formula is C30H31F3N4O2. The Morgan fingerprint density at radius 1 is 0.974 bits per heavy atom. The number of nitrogens with one attached hydrogen (secondary N) is 1. The van der Waals surface area contributed by atoms with Gasteiger partial charge in [-0.15, -0.1) is 0 Å². The molecule has 2 unspecified atom stereocenters. The molecule has 0 aliphatic carbocycles. The molecule has 204 valence electrons. The Labute approximate surface area is 225 Å². The van der Waals surface area contributed by atoms with E-state index in [-0.39, 0.29) is 37.4 Å². The van der Waals surface area contributed by atoms with Gasteiger partial charge in [0, 0.05) is 25.1 Å². The first-order chi connectivity index (χ1) is 18.7. The van der Waals surface area contributed by atoms with E-state index >= 15 is 0 Å². The van der Waals surface area contributed by atoms with Crippen molar-refractivity contribution in [1.29, 1.82) is 0 Å². The van der Waals surface area contributed by atoms with Crippen LogP contribution in [0.25, 0.3) is 5.69 Å². The lowest BCUT2D eigenvalue weighted by Gasteiger charge is -2.24. The van der Waals surface area contributed by atoms with Crippen LogP contribution in [0.4, 0.5) is 13.2 Å². The highest BCUT2D eigenvalue weighted by Crippen LogP contribution is 2.30. The van der Waals surface area contributed by atoms with E-state index in [2.05, 4.69) is 10.4 Å². The van der Waals surface area contributed by atoms with Crippen LogP contribution in [-0.4, -0.2) is 33.3 Å². The molecule has 0 radical (unpaired) electrons. The zero-order valence-corrected chi connectivity index (χ0v) is 21.5. The molecular weight excluding hydrogens is 505 g/mol. The summed E-state index contributed by atoms with van der Waals surface area (Å²) in [5.74, 6) is -0.451. The second-order valence-electron chi connectivity index (χ2n) is 9.46. The van der Waals surface area contributed by atoms with Crippen LogP contribution in [-0.2, 0) is 19.1 Å². The number of ketones is 1. The van der Waals surface area contributed by atoms with E-state index < -0.39 is 17.7 Å². The predicted octanol–water partition coefficient (Wildman–Crippen LogP) is 5.23. The normalized spacial score (nSPS) is 13.3. The second kappa shape index (κ2) is 12.4. The molecule has 4 aromatic rings. The van der Waals surface area contributed by atoms with Crippen LogP contribution in [0.2, 0.25) is 0 Å². The number of alkyl halides is 3. The molecule has 0 saturated carbocycles. The summed E-state index contributed by atoms with van der Waals surface area (Å²) in [7, 11) is 0. The highest BCUT2D eigenvalue weighted by molar-refractivity contribution is 5.95. The number of halogens is 3. The Hall–Kier alpha value is -3.79. The van der Waals surface area contributed by atoms with Crippen molar-refractivity contribution in [3.8, 4) is 5.69 Å². The summed E-state index contributed by atoms with van der Waals surface area (Å²) in [5.41, 5.74) is 8.33. The lowest BCUT2D eigenvalue weighted by Crippen LogP contribution is -2.33. The van der Waals surface area contributed by atoms with Crippen LogP contribution >= 0.6 is 0 Å². The number of nitrogens with zero attached hydrogens (tertiary/aromatic N) is 2. The van der Waals surface area contributed by atoms with Gasteiger partial charge < -0.3 is 16.2 Å². The summed E-state index contributed by atoms with van der Waals surface area (Å²) < 4.78 is 41.6. The molecule has 0 fully saturated rings. The van der Waals surface area contributed by atoms with Crippen molar-refractivity contribution < 1.29 is 23.1 Å². The van der Waals surface area contributed by atoms with Gasteiger partial charge in [-0.3, -0.25) is 4.79 Å². The maximum Gasteiger partial charge on any atom is 0.435 e. The minimum Gasteiger partial charge on any atom is -0.395 e. The first-order valence-electron chi connectivity index (χ1n) is 12.7. The van der Waals surface area contributed by atoms with Crippen LogP contribution in [0.1, 0.15) is 57.8 Å². The van der Waals surface area contributed by atoms with Crippen molar-refractivity contribution in [2.45, 2.75) is 44.6 Å². The third kappa shape index (κ3) is 7.00. The van der Waals surface area contributed by atoms with Crippen LogP contribution in [0.5, 0.6) is 0 Å². The smallest absolute Gasteiger partial charge is 0.395 e. The molecule has 4 N–H and O–H groups in total. The summed E-state index contributed by atoms with van der Waals surface area (Å²) in [6.07, 6.45) is -4.36. The van der Waals surface area contributed by atoms with Gasteiger partial charge in [0.25, 0.3) is 0 Å². The molecule has 39 heavy (non-hydrogen) atoms. The topological polar surface area (TPSA) is 93.2 Å². The quantitative estimate of drug-likeness (QED) is 0.229. The lowest BCUT2D eigenvalue weighted by atomic mass is 9.95. The van der Waals surface area contributed by atoms with E-state index in [1.165, 1.54) is 0 Å². The fraction of sp³-hybridized carbons (Fsp3) is 0.267. The molecule has 9 heteroatoms. The van der Waals surface area contributed by atoms with E-state index in [1.807, 2.05) is 61.5 Å². The first-order valence-corrected chi connectivity index (χ1v) is 12.7. The Balaban J connectivity index is 1.59. The zero-order valence-electron chi connectivity index (χ0n) is 21.5. The number of nitrogens with two attached hydrogens (primary N) is 1. The van der Waals surface area contributed by atoms with Crippen molar-refractivity contribution in [2.75, 3.05) is 6.61 Å². The van der Waals surface area contributed by atoms with Crippen molar-refractivity contribution in [1.82, 2.24) is 15.1 Å². The largest absolute Gasteiger partial charge is 0.435 e. The predicted molar refractivity (Wildman–Crippen MR) is 144 cm³/mol. The summed E-state index contributed by atoms with van der Waals surface area (Å²) in [5, 5.41) is 16.7. The molecule has 0 saturated heterocycles. The molecule has 6 nitrogen and oxygen atoms in total. The Morgan fingerprint density at radius 2 is 1.67 bits per heavy atom. The summed E-state index contributed by atoms with van der Waals surface area (Å²) in [4.78, 5) is 13.2. The van der Waals surface area contributed by atoms with Crippen LogP contribution in [0.3, 0.4) is 0 Å². The SMILES string of the molecule is CC(CO)NC(c1ccccc1)c1cccc(CCC(=O)c2cc(C(F)(F)F)nn2-c2cccc(CN)c2)c1. The number of carbonyl (C=O) groups is 1. The van der Waals surface area contributed by atoms with Crippen LogP contribution in [0.15, 0.2) is 84.9 Å². The van der Waals surface area contributed by atoms with E-state index in [0.717, 1.165) is 27.4 Å². The second-order valence-corrected chi connectivity index (χ2v) is 9.46. The number of aromatic nitrogens is 2. The summed E-state index contributed by atoms with van der Waals surface area (Å²) >= 11 is 0. The minimum absolute atomic E-state index is 0.000498. The van der Waals surface area contributed by atoms with Crippen molar-refractivity contribution in [3.63, 3.8) is 0 Å². The number of hydrogen-bond donors (Lipinski definition) is 3. The van der Waals surface area contributed by atoms with Gasteiger partial charge in [0.05, 0.1) is 18.3 Å². The third-order valence-corrected chi connectivity index (χ3v) is 6.46. The molecule has 1 heterocycles. The van der Waals surface area contributed by atoms with Gasteiger partial charge in [0.1, 0.15) is 5.69 Å². The van der Waals surface area contributed by atoms with E-state index in [1.54, 1.807) is 24.3 Å². The number of aliphatic hydroxyl groups excluding tert-OH is 1. The van der Waals surface area contributed by atoms with E-state index in [9.17, 15) is 23.1 Å². The Kier molecular flexibility index (Phi) is 8.96. The van der Waals surface area contributed by atoms with Gasteiger partial charge in [-0.05, 0) is 47.7 Å². The average Bonchev–Trinajstić information content (AvgIpc) is 3.42. The van der Waals surface area contributed by atoms with Gasteiger partial charge in [-0.25, -0.2) is 4.68 Å². The van der Waals surface area contributed by atoms with E-state index in [4.69, 9.17) is 5.73 Å². The number of carbonyl (C=O) groups excluding carboxylic acids is 1. The number of aliphatic hydroxyl groups is 1. The Bertz CT molecular complexity index is 1400. The molecule has 0 spiro atoms. The molecule has 3 aromatic carbocycles. The maximum atomic E-state index is 13.5. The fourth-order valence-corrected chi connectivity index (χ4v) is 4.41. The van der Waals surface area contributed by atoms with Gasteiger partial charge in [-0.1, -0.05) is 66.7 Å². The molecule has 1 aromatic heterocycles. The molecule has 0 amide bonds.